The average molecular weight is 438 g/mol. The minimum atomic E-state index is -1.24. The number of aromatic nitrogens is 1. The number of para-hydroxylation sites is 2. The molecule has 0 aliphatic heterocycles. The van der Waals surface area contributed by atoms with Crippen LogP contribution < -0.4 is 16.0 Å². The van der Waals surface area contributed by atoms with E-state index in [1.54, 1.807) is 35.2 Å². The molecule has 10 heteroatoms. The molecule has 0 saturated heterocycles. The van der Waals surface area contributed by atoms with Crippen molar-refractivity contribution in [3.63, 3.8) is 0 Å². The highest BCUT2D eigenvalue weighted by Gasteiger charge is 2.15. The number of likely N-dealkylation sites (N-methyl/N-ethyl adjacent to an activating group) is 1. The lowest BCUT2D eigenvalue weighted by atomic mass is 10.2. The summed E-state index contributed by atoms with van der Waals surface area (Å²) in [5, 5.41) is 16.4. The van der Waals surface area contributed by atoms with E-state index < -0.39 is 12.0 Å². The highest BCUT2D eigenvalue weighted by Crippen LogP contribution is 2.21. The smallest absolute Gasteiger partial charge is 0.409 e. The van der Waals surface area contributed by atoms with E-state index in [9.17, 15) is 14.4 Å². The van der Waals surface area contributed by atoms with Crippen molar-refractivity contribution >= 4 is 29.4 Å². The van der Waals surface area contributed by atoms with Gasteiger partial charge in [-0.15, -0.1) is 6.42 Å². The van der Waals surface area contributed by atoms with Crippen LogP contribution in [0, 0.1) is 12.3 Å². The van der Waals surface area contributed by atoms with Gasteiger partial charge in [0.15, 0.2) is 0 Å². The Bertz CT molecular complexity index is 985. The van der Waals surface area contributed by atoms with Crippen molar-refractivity contribution in [2.24, 2.45) is 0 Å². The third kappa shape index (κ3) is 7.62. The van der Waals surface area contributed by atoms with E-state index in [-0.39, 0.29) is 24.0 Å². The van der Waals surface area contributed by atoms with Crippen molar-refractivity contribution < 1.29 is 19.5 Å². The van der Waals surface area contributed by atoms with E-state index in [4.69, 9.17) is 11.5 Å². The first kappa shape index (κ1) is 24.2. The quantitative estimate of drug-likeness (QED) is 0.444. The summed E-state index contributed by atoms with van der Waals surface area (Å²) >= 11 is 0. The first-order valence-corrected chi connectivity index (χ1v) is 9.76. The molecule has 2 aromatic rings. The van der Waals surface area contributed by atoms with Gasteiger partial charge in [0.2, 0.25) is 0 Å². The Balaban J connectivity index is 2.07. The minimum absolute atomic E-state index is 0.132. The molecule has 32 heavy (non-hydrogen) atoms. The lowest BCUT2D eigenvalue weighted by Crippen LogP contribution is -2.42. The largest absolute Gasteiger partial charge is 0.465 e. The van der Waals surface area contributed by atoms with Crippen LogP contribution in [0.5, 0.6) is 0 Å². The van der Waals surface area contributed by atoms with Crippen LogP contribution in [0.3, 0.4) is 0 Å². The van der Waals surface area contributed by atoms with Crippen molar-refractivity contribution in [3.8, 4) is 12.3 Å². The average Bonchev–Trinajstić information content (AvgIpc) is 2.76. The van der Waals surface area contributed by atoms with Crippen molar-refractivity contribution in [2.45, 2.75) is 6.54 Å². The number of hydrogen-bond donors (Lipinski definition) is 4. The number of urea groups is 1. The zero-order chi connectivity index (χ0) is 23.5. The van der Waals surface area contributed by atoms with Gasteiger partial charge in [0.1, 0.15) is 5.69 Å². The van der Waals surface area contributed by atoms with Crippen LogP contribution >= 0.6 is 0 Å². The fourth-order valence-corrected chi connectivity index (χ4v) is 2.69. The van der Waals surface area contributed by atoms with E-state index in [0.717, 1.165) is 5.56 Å². The molecule has 0 aliphatic carbocycles. The van der Waals surface area contributed by atoms with Crippen LogP contribution in [-0.4, -0.2) is 71.7 Å². The van der Waals surface area contributed by atoms with Crippen LogP contribution in [0.1, 0.15) is 16.1 Å². The molecule has 4 N–H and O–H groups in total. The monoisotopic (exact) mass is 438 g/mol. The van der Waals surface area contributed by atoms with Gasteiger partial charge in [0, 0.05) is 25.8 Å². The summed E-state index contributed by atoms with van der Waals surface area (Å²) in [6.45, 7) is 1.58. The summed E-state index contributed by atoms with van der Waals surface area (Å²) in [4.78, 5) is 43.6. The van der Waals surface area contributed by atoms with Crippen molar-refractivity contribution in [1.82, 2.24) is 20.1 Å². The molecular weight excluding hydrogens is 412 g/mol. The normalized spacial score (nSPS) is 10.2. The van der Waals surface area contributed by atoms with Crippen LogP contribution in [0.4, 0.5) is 21.0 Å². The number of carbonyl (C=O) groups is 3. The summed E-state index contributed by atoms with van der Waals surface area (Å²) in [6, 6.07) is 9.40. The van der Waals surface area contributed by atoms with Crippen LogP contribution in [-0.2, 0) is 6.54 Å². The zero-order valence-corrected chi connectivity index (χ0v) is 18.0. The van der Waals surface area contributed by atoms with Gasteiger partial charge in [0.25, 0.3) is 5.91 Å². The summed E-state index contributed by atoms with van der Waals surface area (Å²) in [5.74, 6) is 1.88. The van der Waals surface area contributed by atoms with Crippen molar-refractivity contribution in [1.29, 1.82) is 0 Å². The second kappa shape index (κ2) is 11.9. The summed E-state index contributed by atoms with van der Waals surface area (Å²) in [7, 11) is 3.83. The zero-order valence-electron chi connectivity index (χ0n) is 18.0. The van der Waals surface area contributed by atoms with Gasteiger partial charge in [-0.2, -0.15) is 0 Å². The topological polar surface area (TPSA) is 127 Å². The van der Waals surface area contributed by atoms with E-state index in [1.165, 1.54) is 12.3 Å². The van der Waals surface area contributed by atoms with Crippen molar-refractivity contribution in [3.05, 3.63) is 53.9 Å². The molecule has 0 fully saturated rings. The number of rotatable bonds is 9. The first-order valence-electron chi connectivity index (χ1n) is 9.76. The fourth-order valence-electron chi connectivity index (χ4n) is 2.69. The molecule has 0 spiro atoms. The molecule has 0 unspecified atom stereocenters. The maximum Gasteiger partial charge on any atom is 0.409 e. The number of benzene rings is 1. The molecule has 168 valence electrons. The van der Waals surface area contributed by atoms with E-state index >= 15 is 0 Å². The highest BCUT2D eigenvalue weighted by atomic mass is 16.4. The summed E-state index contributed by atoms with van der Waals surface area (Å²) in [6.07, 6.45) is 5.50. The molecule has 1 aromatic heterocycles. The number of pyridine rings is 1. The Morgan fingerprint density at radius 1 is 1.06 bits per heavy atom. The fraction of sp³-hybridized carbons (Fsp3) is 0.273. The predicted molar refractivity (Wildman–Crippen MR) is 121 cm³/mol. The minimum Gasteiger partial charge on any atom is -0.465 e. The number of nitrogens with zero attached hydrogens (tertiary/aromatic N) is 3. The van der Waals surface area contributed by atoms with Crippen LogP contribution in [0.2, 0.25) is 0 Å². The molecule has 1 heterocycles. The SMILES string of the molecule is C#CCNC(=O)N(CCN(C)C)Cc1ccc(C(=O)Nc2ccccc2NC(=O)O)nc1. The van der Waals surface area contributed by atoms with E-state index in [1.807, 2.05) is 19.0 Å². The lowest BCUT2D eigenvalue weighted by Gasteiger charge is -2.24. The molecule has 0 saturated carbocycles. The second-order valence-corrected chi connectivity index (χ2v) is 7.07. The maximum absolute atomic E-state index is 12.5. The van der Waals surface area contributed by atoms with Crippen molar-refractivity contribution in [2.75, 3.05) is 44.4 Å². The summed E-state index contributed by atoms with van der Waals surface area (Å²) < 4.78 is 0. The highest BCUT2D eigenvalue weighted by molar-refractivity contribution is 6.05. The van der Waals surface area contributed by atoms with Gasteiger partial charge < -0.3 is 25.5 Å². The number of terminal acetylenes is 1. The maximum atomic E-state index is 12.5. The first-order chi connectivity index (χ1) is 15.3. The third-order valence-corrected chi connectivity index (χ3v) is 4.29. The second-order valence-electron chi connectivity index (χ2n) is 7.07. The molecule has 0 atom stereocenters. The third-order valence-electron chi connectivity index (χ3n) is 4.29. The summed E-state index contributed by atoms with van der Waals surface area (Å²) in [5.41, 5.74) is 1.45. The Hall–Kier alpha value is -4.10. The van der Waals surface area contributed by atoms with E-state index in [0.29, 0.717) is 25.3 Å². The molecule has 0 bridgehead atoms. The van der Waals surface area contributed by atoms with Gasteiger partial charge >= 0.3 is 12.1 Å². The number of anilines is 2. The molecule has 0 aliphatic rings. The van der Waals surface area contributed by atoms with Crippen LogP contribution in [0.15, 0.2) is 42.6 Å². The number of amides is 4. The number of nitrogens with one attached hydrogen (secondary N) is 3. The molecule has 4 amide bonds. The lowest BCUT2D eigenvalue weighted by molar-refractivity contribution is 0.102. The van der Waals surface area contributed by atoms with Crippen LogP contribution in [0.25, 0.3) is 0 Å². The standard InChI is InChI=1S/C22H26N6O4/c1-4-11-23-21(30)28(13-12-27(2)3)15-16-9-10-19(24-14-16)20(29)25-17-7-5-6-8-18(17)26-22(31)32/h1,5-10,14,26H,11-13,15H2,2-3H3,(H,23,30)(H,25,29)(H,31,32). The Morgan fingerprint density at radius 3 is 2.31 bits per heavy atom. The number of carbonyl (C=O) groups excluding carboxylic acids is 2. The Labute approximate surface area is 186 Å². The molecule has 10 nitrogen and oxygen atoms in total. The van der Waals surface area contributed by atoms with Gasteiger partial charge in [-0.05, 0) is 37.9 Å². The predicted octanol–water partition coefficient (Wildman–Crippen LogP) is 2.13. The Morgan fingerprint density at radius 2 is 1.75 bits per heavy atom. The van der Waals surface area contributed by atoms with Gasteiger partial charge in [-0.25, -0.2) is 9.59 Å². The number of hydrogen-bond acceptors (Lipinski definition) is 5. The molecule has 0 radical (unpaired) electrons. The van der Waals surface area contributed by atoms with Gasteiger partial charge in [-0.3, -0.25) is 15.1 Å². The number of carboxylic acid groups (broad SMARTS) is 1. The molecule has 1 aromatic carbocycles. The molecular formula is C22H26N6O4. The van der Waals surface area contributed by atoms with Gasteiger partial charge in [-0.1, -0.05) is 24.1 Å². The van der Waals surface area contributed by atoms with E-state index in [2.05, 4.69) is 26.9 Å². The Kier molecular flexibility index (Phi) is 9.01. The molecule has 2 rings (SSSR count). The van der Waals surface area contributed by atoms with Gasteiger partial charge in [0.05, 0.1) is 17.9 Å².